The van der Waals surface area contributed by atoms with E-state index in [2.05, 4.69) is 66.7 Å². The van der Waals surface area contributed by atoms with Gasteiger partial charge in [-0.25, -0.2) is 18.6 Å². The molecule has 0 aliphatic carbocycles. The van der Waals surface area contributed by atoms with Crippen molar-refractivity contribution < 1.29 is 33.4 Å². The Morgan fingerprint density at radius 2 is 1.43 bits per heavy atom. The Bertz CT molecular complexity index is 589. The van der Waals surface area contributed by atoms with Crippen LogP contribution in [0.5, 0.6) is 0 Å². The third kappa shape index (κ3) is 6.20. The summed E-state index contributed by atoms with van der Waals surface area (Å²) in [5, 5.41) is 10.8. The van der Waals surface area contributed by atoms with Crippen molar-refractivity contribution in [1.82, 2.24) is 15.4 Å². The Morgan fingerprint density at radius 1 is 1.00 bits per heavy atom. The Morgan fingerprint density at radius 3 is 1.74 bits per heavy atom. The summed E-state index contributed by atoms with van der Waals surface area (Å²) in [6, 6.07) is 4.45. The third-order valence-corrected chi connectivity index (χ3v) is 3.08. The van der Waals surface area contributed by atoms with Crippen LogP contribution in [0, 0.1) is 17.2 Å². The summed E-state index contributed by atoms with van der Waals surface area (Å²) in [4.78, 5) is 0. The zero-order valence-corrected chi connectivity index (χ0v) is 14.5. The number of H-pyrrole nitrogens is 1. The van der Waals surface area contributed by atoms with E-state index >= 15 is 0 Å². The van der Waals surface area contributed by atoms with E-state index in [1.165, 1.54) is 17.0 Å². The van der Waals surface area contributed by atoms with E-state index in [9.17, 15) is 0 Å². The summed E-state index contributed by atoms with van der Waals surface area (Å²) in [6.45, 7) is 11.0. The molecule has 0 bridgehead atoms. The molecule has 0 unspecified atom stereocenters. The summed E-state index contributed by atoms with van der Waals surface area (Å²) in [6.07, 6.45) is 1.77. The molecule has 0 aliphatic heterocycles. The van der Waals surface area contributed by atoms with Gasteiger partial charge in [0.15, 0.2) is 0 Å². The molecule has 2 rings (SSSR count). The largest absolute Gasteiger partial charge is 0.375 e. The minimum absolute atomic E-state index is 0.444. The number of aromatic amines is 1. The van der Waals surface area contributed by atoms with Crippen LogP contribution in [0.25, 0.3) is 5.82 Å². The fourth-order valence-corrected chi connectivity index (χ4v) is 2.20. The van der Waals surface area contributed by atoms with Crippen LogP contribution in [0.4, 0.5) is 0 Å². The van der Waals surface area contributed by atoms with Crippen LogP contribution in [0.3, 0.4) is 0 Å². The first-order chi connectivity index (χ1) is 10.5. The van der Waals surface area contributed by atoms with Crippen molar-refractivity contribution in [3.05, 3.63) is 35.3 Å². The van der Waals surface area contributed by atoms with Crippen LogP contribution < -0.4 is 23.2 Å². The number of aryl methyl sites for hydroxylation is 1. The van der Waals surface area contributed by atoms with Gasteiger partial charge in [0.1, 0.15) is 17.6 Å². The van der Waals surface area contributed by atoms with Crippen molar-refractivity contribution in [2.24, 2.45) is 0 Å². The number of nitrogens with zero attached hydrogens (tertiary/aromatic N) is 3. The zero-order valence-electron chi connectivity index (χ0n) is 13.7. The molecule has 1 N–H and O–H groups in total. The van der Waals surface area contributed by atoms with Gasteiger partial charge in [-0.1, -0.05) is 27.7 Å². The molecule has 2 aromatic heterocycles. The lowest BCUT2D eigenvalue weighted by Gasteiger charge is -2.17. The molecular formula is C14H21ClN4O4. The van der Waals surface area contributed by atoms with Gasteiger partial charge in [-0.3, -0.25) is 0 Å². The van der Waals surface area contributed by atoms with Gasteiger partial charge in [-0.2, -0.15) is 4.57 Å². The Labute approximate surface area is 137 Å². The van der Waals surface area contributed by atoms with E-state index in [0.29, 0.717) is 11.8 Å². The predicted octanol–water partition coefficient (Wildman–Crippen LogP) is -2.12. The van der Waals surface area contributed by atoms with Crippen LogP contribution in [0.1, 0.15) is 56.5 Å². The number of rotatable bonds is 3. The number of hydrogen-bond acceptors (Lipinski definition) is 6. The highest BCUT2D eigenvalue weighted by Gasteiger charge is 2.23. The zero-order chi connectivity index (χ0) is 17.8. The molecule has 128 valence electrons. The van der Waals surface area contributed by atoms with Crippen LogP contribution in [-0.2, 0) is 0 Å². The molecule has 0 spiro atoms. The molecule has 0 aliphatic rings. The van der Waals surface area contributed by atoms with E-state index in [0.717, 1.165) is 5.82 Å². The molecule has 0 atom stereocenters. The molecular weight excluding hydrogens is 324 g/mol. The van der Waals surface area contributed by atoms with Crippen molar-refractivity contribution in [3.8, 4) is 5.82 Å². The van der Waals surface area contributed by atoms with Crippen LogP contribution >= 0.6 is 0 Å². The highest BCUT2D eigenvalue weighted by atomic mass is 35.7. The number of nitrogens with one attached hydrogen (secondary N) is 1. The SMILES string of the molecule is Cc1cc(C(C)C)[n+](-c2cn[nH]n2)c(C(C)C)c1.[O-][Cl+3]([O-])([O-])[O-]. The van der Waals surface area contributed by atoms with Crippen molar-refractivity contribution in [3.63, 3.8) is 0 Å². The van der Waals surface area contributed by atoms with E-state index in [-0.39, 0.29) is 0 Å². The van der Waals surface area contributed by atoms with Crippen molar-refractivity contribution in [2.75, 3.05) is 0 Å². The van der Waals surface area contributed by atoms with Gasteiger partial charge in [-0.15, -0.1) is 20.6 Å². The first-order valence-corrected chi connectivity index (χ1v) is 8.28. The molecule has 2 aromatic rings. The van der Waals surface area contributed by atoms with Crippen molar-refractivity contribution in [2.45, 2.75) is 46.5 Å². The minimum Gasteiger partial charge on any atom is -0.222 e. The van der Waals surface area contributed by atoms with E-state index in [1.807, 2.05) is 0 Å². The van der Waals surface area contributed by atoms with Crippen LogP contribution in [-0.4, -0.2) is 15.4 Å². The summed E-state index contributed by atoms with van der Waals surface area (Å²) >= 11 is 0. The Hall–Kier alpha value is -1.58. The second-order valence-electron chi connectivity index (χ2n) is 5.73. The molecule has 8 nitrogen and oxygen atoms in total. The number of halogens is 1. The molecule has 0 fully saturated rings. The molecule has 0 saturated heterocycles. The quantitative estimate of drug-likeness (QED) is 0.632. The monoisotopic (exact) mass is 344 g/mol. The normalized spacial score (nSPS) is 11.6. The molecule has 0 radical (unpaired) electrons. The minimum atomic E-state index is -4.94. The lowest BCUT2D eigenvalue weighted by atomic mass is 10.0. The van der Waals surface area contributed by atoms with Crippen molar-refractivity contribution >= 4 is 0 Å². The highest BCUT2D eigenvalue weighted by Crippen LogP contribution is 2.19. The maximum absolute atomic E-state index is 8.49. The van der Waals surface area contributed by atoms with Gasteiger partial charge in [0.2, 0.25) is 0 Å². The maximum Gasteiger partial charge on any atom is 0.375 e. The fourth-order valence-electron chi connectivity index (χ4n) is 2.20. The lowest BCUT2D eigenvalue weighted by molar-refractivity contribution is -2.00. The van der Waals surface area contributed by atoms with Gasteiger partial charge in [0.05, 0.1) is 5.10 Å². The topological polar surface area (TPSA) is 138 Å². The van der Waals surface area contributed by atoms with Gasteiger partial charge < -0.3 is 0 Å². The van der Waals surface area contributed by atoms with Gasteiger partial charge in [-0.05, 0) is 24.6 Å². The number of hydrogen-bond donors (Lipinski definition) is 1. The molecule has 0 aromatic carbocycles. The van der Waals surface area contributed by atoms with E-state index in [4.69, 9.17) is 18.6 Å². The summed E-state index contributed by atoms with van der Waals surface area (Å²) < 4.78 is 36.2. The average molecular weight is 345 g/mol. The molecule has 2 heterocycles. The average Bonchev–Trinajstić information content (AvgIpc) is 2.89. The standard InChI is InChI=1S/C14H21N4.ClHO4/c1-9(2)12-6-11(5)7-13(10(3)4)18(12)14-8-15-17-16-14;2-1(3,4)5/h6-10H,1-5H3,(H,15,16,17);(H,2,3,4,5)/q+1;/p-1. The second kappa shape index (κ2) is 7.80. The van der Waals surface area contributed by atoms with E-state index < -0.39 is 10.2 Å². The Kier molecular flexibility index (Phi) is 6.60. The van der Waals surface area contributed by atoms with Crippen LogP contribution in [0.15, 0.2) is 18.3 Å². The molecule has 0 amide bonds. The molecule has 23 heavy (non-hydrogen) atoms. The van der Waals surface area contributed by atoms with E-state index in [1.54, 1.807) is 6.20 Å². The number of pyridine rings is 1. The van der Waals surface area contributed by atoms with Crippen molar-refractivity contribution in [1.29, 1.82) is 0 Å². The maximum atomic E-state index is 8.49. The first kappa shape index (κ1) is 19.5. The lowest BCUT2D eigenvalue weighted by Crippen LogP contribution is -2.68. The third-order valence-electron chi connectivity index (χ3n) is 3.08. The predicted molar refractivity (Wildman–Crippen MR) is 70.8 cm³/mol. The second-order valence-corrected chi connectivity index (χ2v) is 6.49. The molecule has 9 heteroatoms. The van der Waals surface area contributed by atoms with Gasteiger partial charge >= 0.3 is 5.82 Å². The van der Waals surface area contributed by atoms with Gasteiger partial charge in [0.25, 0.3) is 0 Å². The van der Waals surface area contributed by atoms with Crippen LogP contribution in [0.2, 0.25) is 0 Å². The smallest absolute Gasteiger partial charge is 0.222 e. The summed E-state index contributed by atoms with van der Waals surface area (Å²) in [5.41, 5.74) is 3.84. The number of aromatic nitrogens is 4. The molecule has 0 saturated carbocycles. The highest BCUT2D eigenvalue weighted by molar-refractivity contribution is 5.21. The summed E-state index contributed by atoms with van der Waals surface area (Å²) in [5.74, 6) is 1.75. The Balaban J connectivity index is 0.000000463. The van der Waals surface area contributed by atoms with Gasteiger partial charge in [0, 0.05) is 11.8 Å². The first-order valence-electron chi connectivity index (χ1n) is 7.05. The summed E-state index contributed by atoms with van der Waals surface area (Å²) in [7, 11) is -4.94. The fraction of sp³-hybridized carbons (Fsp3) is 0.500.